The molecule has 0 saturated carbocycles. The van der Waals surface area contributed by atoms with Gasteiger partial charge in [-0.3, -0.25) is 0 Å². The van der Waals surface area contributed by atoms with Crippen LogP contribution in [0.1, 0.15) is 74.7 Å². The second-order valence-electron chi connectivity index (χ2n) is 10.6. The molecule has 0 fully saturated rings. The summed E-state index contributed by atoms with van der Waals surface area (Å²) in [5.41, 5.74) is 10.8. The molecule has 4 heteroatoms. The van der Waals surface area contributed by atoms with Gasteiger partial charge in [0.25, 0.3) is 0 Å². The molecule has 0 spiro atoms. The summed E-state index contributed by atoms with van der Waals surface area (Å²) in [6, 6.07) is 20.5. The Hall–Kier alpha value is -0.660. The molecule has 184 valence electrons. The molecule has 0 saturated heterocycles. The largest absolute Gasteiger partial charge is 0.147 e. The Morgan fingerprint density at radius 3 is 1.88 bits per heavy atom. The Morgan fingerprint density at radius 1 is 0.794 bits per heavy atom. The minimum atomic E-state index is -3.50. The normalized spacial score (nSPS) is 20.0. The number of rotatable bonds is 7. The van der Waals surface area contributed by atoms with Crippen molar-refractivity contribution in [3.8, 4) is 0 Å². The van der Waals surface area contributed by atoms with Crippen molar-refractivity contribution in [2.45, 2.75) is 66.3 Å². The molecule has 0 aliphatic heterocycles. The van der Waals surface area contributed by atoms with Gasteiger partial charge in [-0.1, -0.05) is 0 Å². The van der Waals surface area contributed by atoms with Crippen LogP contribution in [0.3, 0.4) is 0 Å². The van der Waals surface area contributed by atoms with Gasteiger partial charge in [-0.2, -0.15) is 0 Å². The molecular formula is C30H42Cl2SiZr. The van der Waals surface area contributed by atoms with E-state index >= 15 is 0 Å². The molecule has 4 rings (SSSR count). The number of halogens is 2. The third-order valence-electron chi connectivity index (χ3n) is 8.93. The summed E-state index contributed by atoms with van der Waals surface area (Å²) in [6.45, 7) is 17.2. The van der Waals surface area contributed by atoms with Crippen LogP contribution in [0, 0.1) is 5.92 Å². The first-order valence-corrected chi connectivity index (χ1v) is 24.6. The fraction of sp³-hybridized carbons (Fsp3) is 0.400. The second-order valence-corrected chi connectivity index (χ2v) is 36.4. The average molecular weight is 593 g/mol. The monoisotopic (exact) mass is 590 g/mol. The molecule has 2 unspecified atom stereocenters. The van der Waals surface area contributed by atoms with Crippen molar-refractivity contribution >= 4 is 37.3 Å². The summed E-state index contributed by atoms with van der Waals surface area (Å²) < 4.78 is 5.40. The minimum absolute atomic E-state index is 0. The van der Waals surface area contributed by atoms with E-state index in [-0.39, 0.29) is 24.8 Å². The molecule has 2 aromatic carbocycles. The standard InChI is InChI=1S/C15H11.C9H13.2C3H7.2ClH.H2Si.Zr/c1-2-6-12(7-3-1)15-11-10-13-8-4-5-9-14(13)15;1-6-5-7(2)9(4)8(6)3;2*1-3-2;;;;/h1-11H;6H,1-4H3;2*1,3H2,2H3;2*1H;1H2;. The zero-order chi connectivity index (χ0) is 23.1. The molecule has 0 aromatic heterocycles. The smallest absolute Gasteiger partial charge is 0.147 e. The zero-order valence-corrected chi connectivity index (χ0v) is 27.3. The van der Waals surface area contributed by atoms with Crippen LogP contribution in [0.25, 0.3) is 5.57 Å². The van der Waals surface area contributed by atoms with Crippen LogP contribution in [0.5, 0.6) is 0 Å². The zero-order valence-electron chi connectivity index (χ0n) is 21.8. The van der Waals surface area contributed by atoms with E-state index in [2.05, 4.69) is 109 Å². The van der Waals surface area contributed by atoms with Crippen molar-refractivity contribution in [2.75, 3.05) is 0 Å². The Morgan fingerprint density at radius 2 is 1.35 bits per heavy atom. The van der Waals surface area contributed by atoms with Crippen molar-refractivity contribution in [2.24, 2.45) is 5.92 Å². The minimum Gasteiger partial charge on any atom is -0.147 e. The first-order chi connectivity index (χ1) is 15.3. The maximum Gasteiger partial charge on any atom is -0.147 e. The molecule has 2 atom stereocenters. The predicted octanol–water partition coefficient (Wildman–Crippen LogP) is 9.17. The molecule has 2 aliphatic carbocycles. The molecule has 0 nitrogen and oxygen atoms in total. The van der Waals surface area contributed by atoms with Gasteiger partial charge in [-0.15, -0.1) is 24.8 Å². The number of fused-ring (bicyclic) bond motifs is 1. The van der Waals surface area contributed by atoms with Crippen molar-refractivity contribution < 1.29 is 17.4 Å². The van der Waals surface area contributed by atoms with Gasteiger partial charge in [0.1, 0.15) is 0 Å². The predicted molar refractivity (Wildman–Crippen MR) is 156 cm³/mol. The van der Waals surface area contributed by atoms with Gasteiger partial charge in [0.15, 0.2) is 0 Å². The van der Waals surface area contributed by atoms with Gasteiger partial charge in [0, 0.05) is 0 Å². The van der Waals surface area contributed by atoms with Crippen molar-refractivity contribution in [3.05, 3.63) is 97.4 Å². The van der Waals surface area contributed by atoms with Gasteiger partial charge < -0.3 is 0 Å². The number of allylic oxidation sites excluding steroid dienone is 5. The number of hydrogen-bond donors (Lipinski definition) is 0. The second kappa shape index (κ2) is 11.2. The van der Waals surface area contributed by atoms with Crippen LogP contribution in [-0.4, -0.2) is 6.88 Å². The van der Waals surface area contributed by atoms with Crippen LogP contribution in [-0.2, 0) is 17.4 Å². The van der Waals surface area contributed by atoms with E-state index < -0.39 is 17.4 Å². The maximum absolute atomic E-state index is 3.50. The first-order valence-electron chi connectivity index (χ1n) is 12.6. The van der Waals surface area contributed by atoms with Crippen molar-refractivity contribution in [1.82, 2.24) is 0 Å². The Balaban J connectivity index is 0.00000204. The van der Waals surface area contributed by atoms with E-state index in [1.165, 1.54) is 37.8 Å². The van der Waals surface area contributed by atoms with Gasteiger partial charge >= 0.3 is 199 Å². The number of hydrogen-bond acceptors (Lipinski definition) is 0. The SMILES string of the molecule is CC[CH2][Zr](=[SiH2])([CH2]CC)([C]1=C(C)C(C)=C(C)C1C)[CH]1C=C(c2ccccc2)c2ccccc21.Cl.Cl. The van der Waals surface area contributed by atoms with Crippen LogP contribution in [0.4, 0.5) is 0 Å². The molecule has 0 amide bonds. The molecule has 2 aromatic rings. The average Bonchev–Trinajstić information content (AvgIpc) is 3.28. The van der Waals surface area contributed by atoms with Gasteiger partial charge in [0.2, 0.25) is 0 Å². The maximum atomic E-state index is 2.74. The van der Waals surface area contributed by atoms with E-state index in [4.69, 9.17) is 0 Å². The Bertz CT molecular complexity index is 1190. The Labute approximate surface area is 222 Å². The molecule has 0 bridgehead atoms. The third-order valence-corrected chi connectivity index (χ3v) is 37.3. The molecule has 0 N–H and O–H groups in total. The van der Waals surface area contributed by atoms with Crippen molar-refractivity contribution in [1.29, 1.82) is 0 Å². The number of benzene rings is 2. The fourth-order valence-corrected chi connectivity index (χ4v) is 37.9. The molecular weight excluding hydrogens is 551 g/mol. The van der Waals surface area contributed by atoms with Gasteiger partial charge in [-0.05, 0) is 0 Å². The van der Waals surface area contributed by atoms with E-state index in [0.29, 0.717) is 9.54 Å². The topological polar surface area (TPSA) is 0 Å². The summed E-state index contributed by atoms with van der Waals surface area (Å²) >= 11 is -3.50. The third kappa shape index (κ3) is 4.47. The van der Waals surface area contributed by atoms with E-state index in [0.717, 1.165) is 0 Å². The van der Waals surface area contributed by atoms with Gasteiger partial charge in [-0.25, -0.2) is 0 Å². The molecule has 2 aliphatic rings. The summed E-state index contributed by atoms with van der Waals surface area (Å²) in [7, 11) is 0. The van der Waals surface area contributed by atoms with E-state index in [1.807, 2.05) is 3.28 Å². The van der Waals surface area contributed by atoms with Crippen LogP contribution >= 0.6 is 24.8 Å². The van der Waals surface area contributed by atoms with Gasteiger partial charge in [0.05, 0.1) is 0 Å². The van der Waals surface area contributed by atoms with Crippen LogP contribution < -0.4 is 0 Å². The van der Waals surface area contributed by atoms with E-state index in [9.17, 15) is 0 Å². The fourth-order valence-electron chi connectivity index (χ4n) is 7.43. The summed E-state index contributed by atoms with van der Waals surface area (Å²) in [5.74, 6) is 0.609. The summed E-state index contributed by atoms with van der Waals surface area (Å²) in [6.07, 6.45) is 5.33. The summed E-state index contributed by atoms with van der Waals surface area (Å²) in [5, 5.41) is 0. The molecule has 0 heterocycles. The van der Waals surface area contributed by atoms with Crippen LogP contribution in [0.15, 0.2) is 80.7 Å². The Kier molecular flexibility index (Phi) is 9.71. The van der Waals surface area contributed by atoms with Crippen molar-refractivity contribution in [3.63, 3.8) is 0 Å². The molecule has 34 heavy (non-hydrogen) atoms. The summed E-state index contributed by atoms with van der Waals surface area (Å²) in [4.78, 5) is 0. The first kappa shape index (κ1) is 29.6. The van der Waals surface area contributed by atoms with E-state index in [1.54, 1.807) is 22.3 Å². The molecule has 0 radical (unpaired) electrons. The van der Waals surface area contributed by atoms with Crippen LogP contribution in [0.2, 0.25) is 8.26 Å². The quantitative estimate of drug-likeness (QED) is 0.281.